The minimum absolute atomic E-state index is 0.278. The molecule has 0 saturated carbocycles. The van der Waals surface area contributed by atoms with Crippen LogP contribution in [0.1, 0.15) is 28.5 Å². The van der Waals surface area contributed by atoms with Gasteiger partial charge in [0.1, 0.15) is 12.5 Å². The van der Waals surface area contributed by atoms with Crippen LogP contribution in [0.3, 0.4) is 0 Å². The second-order valence-corrected chi connectivity index (χ2v) is 7.09. The van der Waals surface area contributed by atoms with Crippen molar-refractivity contribution in [2.24, 2.45) is 0 Å². The first-order chi connectivity index (χ1) is 13.2. The van der Waals surface area contributed by atoms with Crippen molar-refractivity contribution in [1.29, 1.82) is 0 Å². The third kappa shape index (κ3) is 3.67. The van der Waals surface area contributed by atoms with Crippen LogP contribution in [-0.2, 0) is 16.0 Å². The highest BCUT2D eigenvalue weighted by molar-refractivity contribution is 6.07. The molecule has 7 heteroatoms. The summed E-state index contributed by atoms with van der Waals surface area (Å²) in [7, 11) is 0. The summed E-state index contributed by atoms with van der Waals surface area (Å²) in [5, 5.41) is 0.930. The van der Waals surface area contributed by atoms with E-state index in [9.17, 15) is 4.79 Å². The standard InChI is InChI=1S/C20H27N3O4/c1-3-26-20(24)18-14(2)21-16-4-5-17-15(19(16)18)12-23(13-27-17)7-6-22-8-10-25-11-9-22/h4-5,21H,3,6-13H2,1-2H3. The Balaban J connectivity index is 1.58. The second kappa shape index (κ2) is 7.88. The Kier molecular flexibility index (Phi) is 5.33. The number of nitrogens with zero attached hydrogens (tertiary/aromatic N) is 2. The lowest BCUT2D eigenvalue weighted by Crippen LogP contribution is -2.43. The lowest BCUT2D eigenvalue weighted by Gasteiger charge is -2.33. The molecule has 2 aliphatic rings. The maximum Gasteiger partial charge on any atom is 0.340 e. The average molecular weight is 373 g/mol. The fourth-order valence-corrected chi connectivity index (χ4v) is 3.90. The predicted octanol–water partition coefficient (Wildman–Crippen LogP) is 2.14. The molecular formula is C20H27N3O4. The van der Waals surface area contributed by atoms with Crippen molar-refractivity contribution in [3.05, 3.63) is 29.0 Å². The van der Waals surface area contributed by atoms with Gasteiger partial charge in [-0.1, -0.05) is 0 Å². The molecule has 0 atom stereocenters. The molecule has 2 aliphatic heterocycles. The van der Waals surface area contributed by atoms with E-state index in [1.54, 1.807) is 0 Å². The molecule has 1 aromatic carbocycles. The summed E-state index contributed by atoms with van der Waals surface area (Å²) >= 11 is 0. The zero-order valence-corrected chi connectivity index (χ0v) is 16.0. The molecule has 0 bridgehead atoms. The largest absolute Gasteiger partial charge is 0.478 e. The Hall–Kier alpha value is -2.09. The van der Waals surface area contributed by atoms with E-state index in [-0.39, 0.29) is 5.97 Å². The van der Waals surface area contributed by atoms with E-state index in [2.05, 4.69) is 14.8 Å². The number of hydrogen-bond acceptors (Lipinski definition) is 6. The minimum atomic E-state index is -0.278. The normalized spacial score (nSPS) is 18.3. The molecule has 0 amide bonds. The van der Waals surface area contributed by atoms with Gasteiger partial charge < -0.3 is 19.2 Å². The Labute approximate surface area is 159 Å². The van der Waals surface area contributed by atoms with E-state index in [4.69, 9.17) is 14.2 Å². The summed E-state index contributed by atoms with van der Waals surface area (Å²) in [6, 6.07) is 3.97. The van der Waals surface area contributed by atoms with Crippen molar-refractivity contribution in [3.63, 3.8) is 0 Å². The minimum Gasteiger partial charge on any atom is -0.478 e. The number of carbonyl (C=O) groups excluding carboxylic acids is 1. The van der Waals surface area contributed by atoms with Crippen molar-refractivity contribution in [2.45, 2.75) is 20.4 Å². The number of esters is 1. The number of benzene rings is 1. The number of nitrogens with one attached hydrogen (secondary N) is 1. The SMILES string of the molecule is CCOC(=O)c1c(C)[nH]c2ccc3c(c12)CN(CCN1CCOCC1)CO3. The highest BCUT2D eigenvalue weighted by Gasteiger charge is 2.26. The van der Waals surface area contributed by atoms with Gasteiger partial charge in [-0.05, 0) is 26.0 Å². The highest BCUT2D eigenvalue weighted by atomic mass is 16.5. The Morgan fingerprint density at radius 1 is 1.22 bits per heavy atom. The van der Waals surface area contributed by atoms with E-state index >= 15 is 0 Å². The fraction of sp³-hybridized carbons (Fsp3) is 0.550. The number of aromatic nitrogens is 1. The molecule has 146 valence electrons. The maximum absolute atomic E-state index is 12.5. The summed E-state index contributed by atoms with van der Waals surface area (Å²) in [5.74, 6) is 0.578. The number of hydrogen-bond donors (Lipinski definition) is 1. The molecule has 3 heterocycles. The van der Waals surface area contributed by atoms with Crippen molar-refractivity contribution in [3.8, 4) is 5.75 Å². The first kappa shape index (κ1) is 18.3. The van der Waals surface area contributed by atoms with Crippen LogP contribution in [0.4, 0.5) is 0 Å². The van der Waals surface area contributed by atoms with Crippen molar-refractivity contribution >= 4 is 16.9 Å². The molecule has 1 saturated heterocycles. The van der Waals surface area contributed by atoms with Crippen molar-refractivity contribution in [1.82, 2.24) is 14.8 Å². The molecule has 1 aromatic heterocycles. The molecule has 1 N–H and O–H groups in total. The molecule has 1 fully saturated rings. The summed E-state index contributed by atoms with van der Waals surface area (Å²) in [4.78, 5) is 20.5. The molecule has 0 aliphatic carbocycles. The number of rotatable bonds is 5. The first-order valence-electron chi connectivity index (χ1n) is 9.64. The molecule has 0 spiro atoms. The van der Waals surface area contributed by atoms with E-state index in [1.165, 1.54) is 0 Å². The summed E-state index contributed by atoms with van der Waals surface area (Å²) in [6.07, 6.45) is 0. The van der Waals surface area contributed by atoms with Crippen LogP contribution >= 0.6 is 0 Å². The quantitative estimate of drug-likeness (QED) is 0.810. The van der Waals surface area contributed by atoms with Gasteiger partial charge in [-0.25, -0.2) is 4.79 Å². The van der Waals surface area contributed by atoms with Crippen molar-refractivity contribution < 1.29 is 19.0 Å². The topological polar surface area (TPSA) is 67.0 Å². The van der Waals surface area contributed by atoms with Crippen LogP contribution in [-0.4, -0.2) is 73.5 Å². The number of morpholine rings is 1. The smallest absolute Gasteiger partial charge is 0.340 e. The predicted molar refractivity (Wildman–Crippen MR) is 102 cm³/mol. The summed E-state index contributed by atoms with van der Waals surface area (Å²) < 4.78 is 16.7. The van der Waals surface area contributed by atoms with Crippen LogP contribution in [0.15, 0.2) is 12.1 Å². The van der Waals surface area contributed by atoms with Crippen LogP contribution < -0.4 is 4.74 Å². The molecule has 0 radical (unpaired) electrons. The van der Waals surface area contributed by atoms with Gasteiger partial charge in [-0.15, -0.1) is 0 Å². The van der Waals surface area contributed by atoms with Crippen LogP contribution in [0, 0.1) is 6.92 Å². The molecule has 7 nitrogen and oxygen atoms in total. The van der Waals surface area contributed by atoms with Crippen LogP contribution in [0.25, 0.3) is 10.9 Å². The van der Waals surface area contributed by atoms with Crippen LogP contribution in [0.5, 0.6) is 5.75 Å². The molecule has 27 heavy (non-hydrogen) atoms. The Morgan fingerprint density at radius 2 is 2.00 bits per heavy atom. The third-order valence-electron chi connectivity index (χ3n) is 5.32. The lowest BCUT2D eigenvalue weighted by molar-refractivity contribution is 0.0242. The fourth-order valence-electron chi connectivity index (χ4n) is 3.90. The zero-order chi connectivity index (χ0) is 18.8. The molecular weight excluding hydrogens is 346 g/mol. The molecule has 2 aromatic rings. The zero-order valence-electron chi connectivity index (χ0n) is 16.0. The van der Waals surface area contributed by atoms with Gasteiger partial charge in [-0.2, -0.15) is 0 Å². The molecule has 4 rings (SSSR count). The number of fused-ring (bicyclic) bond motifs is 3. The van der Waals surface area contributed by atoms with Gasteiger partial charge >= 0.3 is 5.97 Å². The molecule has 0 unspecified atom stereocenters. The van der Waals surface area contributed by atoms with Gasteiger partial charge in [0.2, 0.25) is 0 Å². The van der Waals surface area contributed by atoms with E-state index < -0.39 is 0 Å². The van der Waals surface area contributed by atoms with Gasteiger partial charge in [0.05, 0.1) is 25.4 Å². The van der Waals surface area contributed by atoms with Gasteiger partial charge in [0.25, 0.3) is 0 Å². The lowest BCUT2D eigenvalue weighted by atomic mass is 10.0. The third-order valence-corrected chi connectivity index (χ3v) is 5.32. The number of aromatic amines is 1. The van der Waals surface area contributed by atoms with Crippen molar-refractivity contribution in [2.75, 3.05) is 52.7 Å². The first-order valence-corrected chi connectivity index (χ1v) is 9.64. The number of aryl methyl sites for hydroxylation is 1. The summed E-state index contributed by atoms with van der Waals surface area (Å²) in [6.45, 7) is 11.0. The highest BCUT2D eigenvalue weighted by Crippen LogP contribution is 2.35. The van der Waals surface area contributed by atoms with E-state index in [1.807, 2.05) is 26.0 Å². The Morgan fingerprint density at radius 3 is 2.78 bits per heavy atom. The van der Waals surface area contributed by atoms with Gasteiger partial charge in [0, 0.05) is 54.9 Å². The average Bonchev–Trinajstić information content (AvgIpc) is 3.03. The number of ether oxygens (including phenoxy) is 3. The van der Waals surface area contributed by atoms with Gasteiger partial charge in [-0.3, -0.25) is 9.80 Å². The van der Waals surface area contributed by atoms with E-state index in [0.29, 0.717) is 18.9 Å². The number of carbonyl (C=O) groups is 1. The Bertz CT molecular complexity index is 826. The van der Waals surface area contributed by atoms with Gasteiger partial charge in [0.15, 0.2) is 0 Å². The summed E-state index contributed by atoms with van der Waals surface area (Å²) in [5.41, 5.74) is 3.48. The van der Waals surface area contributed by atoms with E-state index in [0.717, 1.165) is 73.8 Å². The number of H-pyrrole nitrogens is 1. The monoisotopic (exact) mass is 373 g/mol. The second-order valence-electron chi connectivity index (χ2n) is 7.09. The maximum atomic E-state index is 12.5. The van der Waals surface area contributed by atoms with Crippen LogP contribution in [0.2, 0.25) is 0 Å².